The molecule has 1 aliphatic heterocycles. The van der Waals surface area contributed by atoms with Crippen molar-refractivity contribution in [1.29, 1.82) is 5.41 Å². The van der Waals surface area contributed by atoms with Gasteiger partial charge in [0.2, 0.25) is 0 Å². The Labute approximate surface area is 165 Å². The molecule has 1 aromatic heterocycles. The van der Waals surface area contributed by atoms with E-state index in [9.17, 15) is 4.79 Å². The first-order valence-electron chi connectivity index (χ1n) is 9.43. The molecular weight excluding hydrogens is 354 g/mol. The minimum absolute atomic E-state index is 0.0951. The summed E-state index contributed by atoms with van der Waals surface area (Å²) >= 11 is 0. The molecule has 2 aromatic rings. The number of hydrogen-bond acceptors (Lipinski definition) is 6. The SMILES string of the molecule is CNC(=O)c1ccc(C(=N)c2c(OCC3(C)CCNCC3)ccnc2N)cc1. The molecule has 1 aliphatic rings. The van der Waals surface area contributed by atoms with Gasteiger partial charge in [0.25, 0.3) is 5.91 Å². The predicted octanol–water partition coefficient (Wildman–Crippen LogP) is 2.21. The second-order valence-corrected chi connectivity index (χ2v) is 7.45. The molecule has 7 nitrogen and oxygen atoms in total. The lowest BCUT2D eigenvalue weighted by molar-refractivity contribution is 0.0963. The summed E-state index contributed by atoms with van der Waals surface area (Å²) < 4.78 is 6.13. The van der Waals surface area contributed by atoms with Crippen LogP contribution < -0.4 is 21.1 Å². The molecule has 0 unspecified atom stereocenters. The third-order valence-electron chi connectivity index (χ3n) is 5.24. The number of pyridine rings is 1. The van der Waals surface area contributed by atoms with Crippen molar-refractivity contribution in [3.8, 4) is 5.75 Å². The van der Waals surface area contributed by atoms with Gasteiger partial charge in [0.05, 0.1) is 17.9 Å². The van der Waals surface area contributed by atoms with Crippen molar-refractivity contribution in [2.24, 2.45) is 5.41 Å². The van der Waals surface area contributed by atoms with Crippen molar-refractivity contribution >= 4 is 17.4 Å². The first kappa shape index (κ1) is 19.8. The maximum absolute atomic E-state index is 11.7. The summed E-state index contributed by atoms with van der Waals surface area (Å²) in [7, 11) is 1.58. The van der Waals surface area contributed by atoms with Crippen LogP contribution in [0.15, 0.2) is 36.5 Å². The van der Waals surface area contributed by atoms with Crippen LogP contribution in [0.25, 0.3) is 0 Å². The second-order valence-electron chi connectivity index (χ2n) is 7.45. The Kier molecular flexibility index (Phi) is 5.94. The fourth-order valence-corrected chi connectivity index (χ4v) is 3.33. The highest BCUT2D eigenvalue weighted by atomic mass is 16.5. The Morgan fingerprint density at radius 3 is 2.54 bits per heavy atom. The third kappa shape index (κ3) is 4.31. The summed E-state index contributed by atoms with van der Waals surface area (Å²) in [6, 6.07) is 8.59. The number of aromatic nitrogens is 1. The first-order valence-corrected chi connectivity index (χ1v) is 9.43. The molecule has 7 heteroatoms. The van der Waals surface area contributed by atoms with Crippen molar-refractivity contribution in [1.82, 2.24) is 15.6 Å². The monoisotopic (exact) mass is 381 g/mol. The number of carbonyl (C=O) groups excluding carboxylic acids is 1. The Morgan fingerprint density at radius 2 is 1.89 bits per heavy atom. The maximum Gasteiger partial charge on any atom is 0.251 e. The van der Waals surface area contributed by atoms with E-state index in [-0.39, 0.29) is 22.9 Å². The normalized spacial score (nSPS) is 15.6. The quantitative estimate of drug-likeness (QED) is 0.573. The minimum Gasteiger partial charge on any atom is -0.492 e. The van der Waals surface area contributed by atoms with Crippen molar-refractivity contribution in [2.75, 3.05) is 32.5 Å². The molecule has 1 amide bonds. The Hall–Kier alpha value is -2.93. The topological polar surface area (TPSA) is 113 Å². The van der Waals surface area contributed by atoms with Gasteiger partial charge in [-0.1, -0.05) is 19.1 Å². The number of ether oxygens (including phenoxy) is 1. The van der Waals surface area contributed by atoms with Crippen molar-refractivity contribution in [2.45, 2.75) is 19.8 Å². The van der Waals surface area contributed by atoms with Crippen LogP contribution in [-0.2, 0) is 0 Å². The predicted molar refractivity (Wildman–Crippen MR) is 110 cm³/mol. The fraction of sp³-hybridized carbons (Fsp3) is 0.381. The molecule has 0 radical (unpaired) electrons. The van der Waals surface area contributed by atoms with Gasteiger partial charge in [-0.15, -0.1) is 0 Å². The number of nitrogens with one attached hydrogen (secondary N) is 3. The maximum atomic E-state index is 11.7. The van der Waals surface area contributed by atoms with E-state index in [1.54, 1.807) is 43.6 Å². The zero-order valence-corrected chi connectivity index (χ0v) is 16.3. The van der Waals surface area contributed by atoms with Crippen LogP contribution in [0, 0.1) is 10.8 Å². The van der Waals surface area contributed by atoms with Crippen molar-refractivity contribution < 1.29 is 9.53 Å². The molecule has 0 bridgehead atoms. The van der Waals surface area contributed by atoms with E-state index in [0.29, 0.717) is 29.0 Å². The first-order chi connectivity index (χ1) is 13.4. The molecule has 3 rings (SSSR count). The highest BCUT2D eigenvalue weighted by Gasteiger charge is 2.28. The molecule has 1 aromatic carbocycles. The molecule has 0 atom stereocenters. The number of amides is 1. The van der Waals surface area contributed by atoms with Gasteiger partial charge in [-0.25, -0.2) is 4.98 Å². The molecule has 1 fully saturated rings. The number of rotatable bonds is 6. The number of carbonyl (C=O) groups is 1. The number of nitrogens with zero attached hydrogens (tertiary/aromatic N) is 1. The van der Waals surface area contributed by atoms with Crippen LogP contribution in [-0.4, -0.2) is 43.3 Å². The minimum atomic E-state index is -0.168. The lowest BCUT2D eigenvalue weighted by Crippen LogP contribution is -2.38. The average molecular weight is 381 g/mol. The smallest absolute Gasteiger partial charge is 0.251 e. The molecule has 1 saturated heterocycles. The zero-order valence-electron chi connectivity index (χ0n) is 16.3. The summed E-state index contributed by atoms with van der Waals surface area (Å²) in [4.78, 5) is 15.9. The molecule has 148 valence electrons. The van der Waals surface area contributed by atoms with Gasteiger partial charge in [0, 0.05) is 29.8 Å². The highest BCUT2D eigenvalue weighted by molar-refractivity contribution is 6.15. The van der Waals surface area contributed by atoms with E-state index in [1.165, 1.54) is 0 Å². The standard InChI is InChI=1S/C21H27N5O2/c1-21(8-11-25-12-9-21)13-28-16-7-10-26-19(23)17(16)18(22)14-3-5-15(6-4-14)20(27)24-2/h3-7,10,22,25H,8-9,11-13H2,1-2H3,(H2,23,26)(H,24,27). The summed E-state index contributed by atoms with van der Waals surface area (Å²) in [6.07, 6.45) is 3.68. The molecule has 0 spiro atoms. The molecule has 28 heavy (non-hydrogen) atoms. The van der Waals surface area contributed by atoms with Crippen LogP contribution in [0.5, 0.6) is 5.75 Å². The number of benzene rings is 1. The number of nitrogen functional groups attached to an aromatic ring is 1. The summed E-state index contributed by atoms with van der Waals surface area (Å²) in [6.45, 7) is 4.76. The van der Waals surface area contributed by atoms with Crippen molar-refractivity contribution in [3.05, 3.63) is 53.2 Å². The van der Waals surface area contributed by atoms with Gasteiger partial charge in [-0.05, 0) is 44.1 Å². The van der Waals surface area contributed by atoms with Gasteiger partial charge in [0.15, 0.2) is 0 Å². The number of anilines is 1. The summed E-state index contributed by atoms with van der Waals surface area (Å²) in [5.41, 5.74) is 8.07. The molecule has 0 aliphatic carbocycles. The highest BCUT2D eigenvalue weighted by Crippen LogP contribution is 2.31. The van der Waals surface area contributed by atoms with Crippen LogP contribution >= 0.6 is 0 Å². The summed E-state index contributed by atoms with van der Waals surface area (Å²) in [5.74, 6) is 0.652. The summed E-state index contributed by atoms with van der Waals surface area (Å²) in [5, 5.41) is 14.6. The van der Waals surface area contributed by atoms with Gasteiger partial charge < -0.3 is 21.1 Å². The van der Waals surface area contributed by atoms with Gasteiger partial charge >= 0.3 is 0 Å². The molecule has 2 heterocycles. The average Bonchev–Trinajstić information content (AvgIpc) is 2.72. The Balaban J connectivity index is 1.83. The van der Waals surface area contributed by atoms with E-state index in [4.69, 9.17) is 15.9 Å². The van der Waals surface area contributed by atoms with E-state index in [0.717, 1.165) is 25.9 Å². The van der Waals surface area contributed by atoms with Gasteiger partial charge in [-0.3, -0.25) is 10.2 Å². The van der Waals surface area contributed by atoms with Gasteiger partial charge in [-0.2, -0.15) is 0 Å². The fourth-order valence-electron chi connectivity index (χ4n) is 3.33. The van der Waals surface area contributed by atoms with Crippen LogP contribution in [0.1, 0.15) is 41.3 Å². The largest absolute Gasteiger partial charge is 0.492 e. The lowest BCUT2D eigenvalue weighted by Gasteiger charge is -2.34. The van der Waals surface area contributed by atoms with Crippen LogP contribution in [0.4, 0.5) is 5.82 Å². The van der Waals surface area contributed by atoms with Crippen molar-refractivity contribution in [3.63, 3.8) is 0 Å². The van der Waals surface area contributed by atoms with Gasteiger partial charge in [0.1, 0.15) is 11.6 Å². The third-order valence-corrected chi connectivity index (χ3v) is 5.24. The zero-order chi connectivity index (χ0) is 20.1. The lowest BCUT2D eigenvalue weighted by atomic mass is 9.82. The Morgan fingerprint density at radius 1 is 1.25 bits per heavy atom. The van der Waals surface area contributed by atoms with E-state index >= 15 is 0 Å². The number of piperidine rings is 1. The Bertz CT molecular complexity index is 858. The van der Waals surface area contributed by atoms with E-state index in [2.05, 4.69) is 22.5 Å². The number of nitrogens with two attached hydrogens (primary N) is 1. The van der Waals surface area contributed by atoms with E-state index in [1.807, 2.05) is 0 Å². The van der Waals surface area contributed by atoms with Crippen LogP contribution in [0.2, 0.25) is 0 Å². The second kappa shape index (κ2) is 8.39. The van der Waals surface area contributed by atoms with Crippen LogP contribution in [0.3, 0.4) is 0 Å². The molecule has 5 N–H and O–H groups in total. The molecular formula is C21H27N5O2. The molecule has 0 saturated carbocycles. The van der Waals surface area contributed by atoms with E-state index < -0.39 is 0 Å². The number of hydrogen-bond donors (Lipinski definition) is 4.